The monoisotopic (exact) mass is 273 g/mol. The predicted octanol–water partition coefficient (Wildman–Crippen LogP) is 2.70. The van der Waals surface area contributed by atoms with E-state index in [-0.39, 0.29) is 0 Å². The normalized spacial score (nSPS) is 28.8. The number of hydrogen-bond acceptors (Lipinski definition) is 2. The Morgan fingerprint density at radius 3 is 2.32 bits per heavy atom. The molecule has 0 radical (unpaired) electrons. The van der Waals surface area contributed by atoms with Crippen molar-refractivity contribution in [3.05, 3.63) is 35.4 Å². The van der Waals surface area contributed by atoms with Crippen molar-refractivity contribution in [2.24, 2.45) is 0 Å². The van der Waals surface area contributed by atoms with E-state index < -0.39 is 17.3 Å². The Morgan fingerprint density at radius 2 is 1.89 bits per heavy atom. The van der Waals surface area contributed by atoms with Gasteiger partial charge in [-0.3, -0.25) is 0 Å². The molecule has 1 saturated heterocycles. The fourth-order valence-electron chi connectivity index (χ4n) is 2.71. The Morgan fingerprint density at radius 1 is 1.32 bits per heavy atom. The van der Waals surface area contributed by atoms with Gasteiger partial charge < -0.3 is 10.0 Å². The molecular weight excluding hydrogens is 255 g/mol. The minimum absolute atomic E-state index is 0.291. The number of alkyl halides is 3. The van der Waals surface area contributed by atoms with Gasteiger partial charge in [0.25, 0.3) is 0 Å². The molecule has 5 heteroatoms. The van der Waals surface area contributed by atoms with Crippen molar-refractivity contribution in [1.29, 1.82) is 0 Å². The van der Waals surface area contributed by atoms with Gasteiger partial charge in [-0.2, -0.15) is 13.2 Å². The zero-order valence-corrected chi connectivity index (χ0v) is 11.0. The smallest absolute Gasteiger partial charge is 0.388 e. The number of halogens is 3. The zero-order chi connectivity index (χ0) is 14.3. The molecule has 1 aromatic rings. The fraction of sp³-hybridized carbons (Fsp3) is 0.571. The third-order valence-electron chi connectivity index (χ3n) is 3.79. The number of rotatable bonds is 2. The molecule has 0 spiro atoms. The van der Waals surface area contributed by atoms with E-state index in [0.29, 0.717) is 25.4 Å². The van der Waals surface area contributed by atoms with E-state index in [4.69, 9.17) is 0 Å². The van der Waals surface area contributed by atoms with Gasteiger partial charge in [-0.25, -0.2) is 0 Å². The van der Waals surface area contributed by atoms with Gasteiger partial charge >= 0.3 is 6.18 Å². The van der Waals surface area contributed by atoms with E-state index >= 15 is 0 Å². The largest absolute Gasteiger partial charge is 0.416 e. The van der Waals surface area contributed by atoms with Crippen LogP contribution in [-0.4, -0.2) is 35.2 Å². The fourth-order valence-corrected chi connectivity index (χ4v) is 2.71. The maximum Gasteiger partial charge on any atom is 0.416 e. The minimum Gasteiger partial charge on any atom is -0.388 e. The molecule has 19 heavy (non-hydrogen) atoms. The number of hydrogen-bond donors (Lipinski definition) is 1. The highest BCUT2D eigenvalue weighted by Gasteiger charge is 2.39. The van der Waals surface area contributed by atoms with Gasteiger partial charge in [0.15, 0.2) is 0 Å². The van der Waals surface area contributed by atoms with Crippen molar-refractivity contribution >= 4 is 0 Å². The lowest BCUT2D eigenvalue weighted by Crippen LogP contribution is -2.34. The molecule has 0 aliphatic carbocycles. The van der Waals surface area contributed by atoms with Gasteiger partial charge in [-0.15, -0.1) is 0 Å². The average Bonchev–Trinajstić information content (AvgIpc) is 2.51. The van der Waals surface area contributed by atoms with Crippen LogP contribution in [0.3, 0.4) is 0 Å². The Balaban J connectivity index is 2.08. The lowest BCUT2D eigenvalue weighted by atomic mass is 9.92. The van der Waals surface area contributed by atoms with Gasteiger partial charge in [0.2, 0.25) is 0 Å². The van der Waals surface area contributed by atoms with Crippen LogP contribution < -0.4 is 0 Å². The summed E-state index contributed by atoms with van der Waals surface area (Å²) in [6.45, 7) is 2.58. The van der Waals surface area contributed by atoms with Gasteiger partial charge in [0.05, 0.1) is 11.2 Å². The molecule has 2 atom stereocenters. The molecule has 1 aromatic carbocycles. The number of aliphatic hydroxyl groups is 1. The zero-order valence-electron chi connectivity index (χ0n) is 11.0. The van der Waals surface area contributed by atoms with E-state index in [1.54, 1.807) is 0 Å². The molecule has 1 fully saturated rings. The second-order valence-electron chi connectivity index (χ2n) is 5.56. The third kappa shape index (κ3) is 3.28. The lowest BCUT2D eigenvalue weighted by Gasteiger charge is -2.22. The first-order chi connectivity index (χ1) is 8.70. The highest BCUT2D eigenvalue weighted by Crippen LogP contribution is 2.31. The first-order valence-corrected chi connectivity index (χ1v) is 6.28. The Hall–Kier alpha value is -1.07. The Labute approximate surface area is 110 Å². The topological polar surface area (TPSA) is 23.5 Å². The van der Waals surface area contributed by atoms with Crippen LogP contribution in [-0.2, 0) is 12.6 Å². The number of likely N-dealkylation sites (tertiary alicyclic amines) is 1. The molecule has 1 heterocycles. The molecule has 0 amide bonds. The lowest BCUT2D eigenvalue weighted by molar-refractivity contribution is -0.137. The third-order valence-corrected chi connectivity index (χ3v) is 3.79. The van der Waals surface area contributed by atoms with E-state index in [2.05, 4.69) is 4.90 Å². The molecule has 2 nitrogen and oxygen atoms in total. The van der Waals surface area contributed by atoms with Crippen molar-refractivity contribution < 1.29 is 18.3 Å². The summed E-state index contributed by atoms with van der Waals surface area (Å²) in [5.41, 5.74) is -0.758. The molecule has 0 bridgehead atoms. The first kappa shape index (κ1) is 14.3. The summed E-state index contributed by atoms with van der Waals surface area (Å²) < 4.78 is 37.3. The molecule has 0 aromatic heterocycles. The van der Waals surface area contributed by atoms with Crippen molar-refractivity contribution in [3.63, 3.8) is 0 Å². The van der Waals surface area contributed by atoms with Gasteiger partial charge in [0, 0.05) is 19.0 Å². The maximum absolute atomic E-state index is 12.4. The summed E-state index contributed by atoms with van der Waals surface area (Å²) in [4.78, 5) is 2.06. The highest BCUT2D eigenvalue weighted by molar-refractivity contribution is 5.26. The average molecular weight is 273 g/mol. The quantitative estimate of drug-likeness (QED) is 0.895. The number of benzene rings is 1. The molecule has 2 unspecified atom stereocenters. The van der Waals surface area contributed by atoms with E-state index in [0.717, 1.165) is 17.7 Å². The van der Waals surface area contributed by atoms with Crippen LogP contribution in [0.15, 0.2) is 24.3 Å². The van der Waals surface area contributed by atoms with Crippen LogP contribution in [0.1, 0.15) is 24.5 Å². The van der Waals surface area contributed by atoms with Crippen molar-refractivity contribution in [3.8, 4) is 0 Å². The predicted molar refractivity (Wildman–Crippen MR) is 66.8 cm³/mol. The van der Waals surface area contributed by atoms with Crippen LogP contribution in [0.2, 0.25) is 0 Å². The number of nitrogens with zero attached hydrogens (tertiary/aromatic N) is 1. The Bertz CT molecular complexity index is 431. The van der Waals surface area contributed by atoms with Crippen molar-refractivity contribution in [1.82, 2.24) is 4.90 Å². The van der Waals surface area contributed by atoms with Crippen LogP contribution >= 0.6 is 0 Å². The SMILES string of the molecule is CC1CC(O)(Cc2ccc(C(F)(F)F)cc2)CN1C. The summed E-state index contributed by atoms with van der Waals surface area (Å²) in [7, 11) is 1.94. The van der Waals surface area contributed by atoms with E-state index in [1.807, 2.05) is 14.0 Å². The summed E-state index contributed by atoms with van der Waals surface area (Å²) in [5, 5.41) is 10.5. The summed E-state index contributed by atoms with van der Waals surface area (Å²) in [6, 6.07) is 5.33. The number of likely N-dealkylation sites (N-methyl/N-ethyl adjacent to an activating group) is 1. The van der Waals surface area contributed by atoms with E-state index in [9.17, 15) is 18.3 Å². The molecule has 106 valence electrons. The van der Waals surface area contributed by atoms with Gasteiger partial charge in [-0.05, 0) is 38.1 Å². The molecule has 1 aliphatic rings. The molecule has 1 aliphatic heterocycles. The van der Waals surface area contributed by atoms with Gasteiger partial charge in [0.1, 0.15) is 0 Å². The standard InChI is InChI=1S/C14H18F3NO/c1-10-7-13(19,9-18(10)2)8-11-3-5-12(6-4-11)14(15,16)17/h3-6,10,19H,7-9H2,1-2H3. The first-order valence-electron chi connectivity index (χ1n) is 6.28. The van der Waals surface area contributed by atoms with Gasteiger partial charge in [-0.1, -0.05) is 12.1 Å². The summed E-state index contributed by atoms with van der Waals surface area (Å²) in [5.74, 6) is 0. The van der Waals surface area contributed by atoms with Crippen LogP contribution in [0.25, 0.3) is 0 Å². The highest BCUT2D eigenvalue weighted by atomic mass is 19.4. The maximum atomic E-state index is 12.4. The summed E-state index contributed by atoms with van der Waals surface area (Å²) in [6.07, 6.45) is -3.28. The molecule has 0 saturated carbocycles. The van der Waals surface area contributed by atoms with E-state index in [1.165, 1.54) is 12.1 Å². The Kier molecular flexibility index (Phi) is 3.62. The van der Waals surface area contributed by atoms with Crippen LogP contribution in [0.5, 0.6) is 0 Å². The second kappa shape index (κ2) is 4.80. The molecule has 2 rings (SSSR count). The van der Waals surface area contributed by atoms with Crippen LogP contribution in [0, 0.1) is 0 Å². The van der Waals surface area contributed by atoms with Crippen molar-refractivity contribution in [2.45, 2.75) is 37.6 Å². The summed E-state index contributed by atoms with van der Waals surface area (Å²) >= 11 is 0. The van der Waals surface area contributed by atoms with Crippen molar-refractivity contribution in [2.75, 3.05) is 13.6 Å². The van der Waals surface area contributed by atoms with Crippen LogP contribution in [0.4, 0.5) is 13.2 Å². The number of β-amino-alcohol motifs (C(OH)–C–C–N with tert-alkyl or cyclic N) is 1. The minimum atomic E-state index is -4.31. The molecule has 1 N–H and O–H groups in total. The second-order valence-corrected chi connectivity index (χ2v) is 5.56. The molecular formula is C14H18F3NO.